The first-order chi connectivity index (χ1) is 17.0. The molecule has 2 aromatic heterocycles. The SMILES string of the molecule is CC(Oc1cccc2cc[nH]c12)C(=O)OCc1cccc(C=Cc2ccc3ccc(Cl)cc3n2)c1. The third kappa shape index (κ3) is 5.36. The summed E-state index contributed by atoms with van der Waals surface area (Å²) >= 11 is 6.09. The molecule has 174 valence electrons. The third-order valence-corrected chi connectivity index (χ3v) is 5.87. The van der Waals surface area contributed by atoms with Gasteiger partial charge in [-0.25, -0.2) is 9.78 Å². The molecule has 0 spiro atoms. The van der Waals surface area contributed by atoms with Crippen LogP contribution in [0.3, 0.4) is 0 Å². The van der Waals surface area contributed by atoms with Gasteiger partial charge >= 0.3 is 5.97 Å². The van der Waals surface area contributed by atoms with E-state index in [1.165, 1.54) is 0 Å². The van der Waals surface area contributed by atoms with Crippen molar-refractivity contribution in [1.82, 2.24) is 9.97 Å². The number of hydrogen-bond acceptors (Lipinski definition) is 4. The van der Waals surface area contributed by atoms with E-state index in [2.05, 4.69) is 9.97 Å². The highest BCUT2D eigenvalue weighted by Gasteiger charge is 2.18. The van der Waals surface area contributed by atoms with Crippen LogP contribution in [0.5, 0.6) is 5.75 Å². The maximum Gasteiger partial charge on any atom is 0.347 e. The predicted octanol–water partition coefficient (Wildman–Crippen LogP) is 7.05. The summed E-state index contributed by atoms with van der Waals surface area (Å²) < 4.78 is 11.4. The Bertz CT molecular complexity index is 1540. The van der Waals surface area contributed by atoms with Gasteiger partial charge in [-0.1, -0.05) is 60.1 Å². The van der Waals surface area contributed by atoms with Crippen molar-refractivity contribution in [3.63, 3.8) is 0 Å². The summed E-state index contributed by atoms with van der Waals surface area (Å²) in [5.74, 6) is 0.196. The van der Waals surface area contributed by atoms with Gasteiger partial charge in [-0.3, -0.25) is 0 Å². The van der Waals surface area contributed by atoms with Crippen LogP contribution in [0, 0.1) is 0 Å². The van der Waals surface area contributed by atoms with Gasteiger partial charge in [0, 0.05) is 22.0 Å². The lowest BCUT2D eigenvalue weighted by molar-refractivity contribution is -0.152. The topological polar surface area (TPSA) is 64.2 Å². The molecule has 1 N–H and O–H groups in total. The average molecular weight is 483 g/mol. The number of rotatable bonds is 7. The minimum atomic E-state index is -0.737. The van der Waals surface area contributed by atoms with Crippen molar-refractivity contribution < 1.29 is 14.3 Å². The highest BCUT2D eigenvalue weighted by Crippen LogP contribution is 2.25. The van der Waals surface area contributed by atoms with Gasteiger partial charge in [0.05, 0.1) is 16.7 Å². The molecular formula is C29H23ClN2O3. The second-order valence-electron chi connectivity index (χ2n) is 8.22. The molecule has 2 heterocycles. The maximum atomic E-state index is 12.5. The van der Waals surface area contributed by atoms with Crippen LogP contribution in [0.2, 0.25) is 5.02 Å². The van der Waals surface area contributed by atoms with Gasteiger partial charge in [-0.2, -0.15) is 0 Å². The molecule has 0 saturated carbocycles. The Kier molecular flexibility index (Phi) is 6.51. The molecule has 5 rings (SSSR count). The molecule has 0 fully saturated rings. The van der Waals surface area contributed by atoms with E-state index in [-0.39, 0.29) is 6.61 Å². The number of benzene rings is 3. The number of para-hydroxylation sites is 1. The zero-order chi connectivity index (χ0) is 24.2. The molecule has 0 aliphatic rings. The number of fused-ring (bicyclic) bond motifs is 2. The zero-order valence-electron chi connectivity index (χ0n) is 19.1. The van der Waals surface area contributed by atoms with Crippen molar-refractivity contribution in [3.05, 3.63) is 107 Å². The average Bonchev–Trinajstić information content (AvgIpc) is 3.36. The van der Waals surface area contributed by atoms with E-state index in [9.17, 15) is 4.79 Å². The Hall–Kier alpha value is -4.09. The van der Waals surface area contributed by atoms with Crippen molar-refractivity contribution in [2.45, 2.75) is 19.6 Å². The van der Waals surface area contributed by atoms with Gasteiger partial charge in [0.1, 0.15) is 12.4 Å². The highest BCUT2D eigenvalue weighted by molar-refractivity contribution is 6.31. The van der Waals surface area contributed by atoms with Crippen molar-refractivity contribution in [1.29, 1.82) is 0 Å². The molecule has 5 nitrogen and oxygen atoms in total. The van der Waals surface area contributed by atoms with E-state index in [0.717, 1.165) is 38.6 Å². The fourth-order valence-corrected chi connectivity index (χ4v) is 4.00. The number of ether oxygens (including phenoxy) is 2. The smallest absolute Gasteiger partial charge is 0.347 e. The third-order valence-electron chi connectivity index (χ3n) is 5.64. The number of nitrogens with zero attached hydrogens (tertiary/aromatic N) is 1. The lowest BCUT2D eigenvalue weighted by atomic mass is 10.1. The van der Waals surface area contributed by atoms with E-state index < -0.39 is 12.1 Å². The van der Waals surface area contributed by atoms with Crippen LogP contribution in [0.1, 0.15) is 23.7 Å². The molecule has 0 amide bonds. The number of aromatic amines is 1. The Morgan fingerprint density at radius 3 is 2.77 bits per heavy atom. The molecule has 1 unspecified atom stereocenters. The van der Waals surface area contributed by atoms with Gasteiger partial charge in [-0.15, -0.1) is 0 Å². The lowest BCUT2D eigenvalue weighted by Gasteiger charge is -2.15. The molecule has 5 aromatic rings. The van der Waals surface area contributed by atoms with Gasteiger partial charge in [-0.05, 0) is 60.5 Å². The molecule has 0 aliphatic carbocycles. The number of halogens is 1. The largest absolute Gasteiger partial charge is 0.477 e. The number of H-pyrrole nitrogens is 1. The van der Waals surface area contributed by atoms with Crippen LogP contribution in [-0.2, 0) is 16.1 Å². The second kappa shape index (κ2) is 10.0. The number of hydrogen-bond donors (Lipinski definition) is 1. The Morgan fingerprint density at radius 2 is 1.86 bits per heavy atom. The van der Waals surface area contributed by atoms with Crippen LogP contribution in [-0.4, -0.2) is 22.0 Å². The molecule has 0 saturated heterocycles. The summed E-state index contributed by atoms with van der Waals surface area (Å²) in [4.78, 5) is 20.3. The summed E-state index contributed by atoms with van der Waals surface area (Å²) in [6.45, 7) is 1.85. The van der Waals surface area contributed by atoms with Crippen molar-refractivity contribution in [2.24, 2.45) is 0 Å². The number of esters is 1. The summed E-state index contributed by atoms with van der Waals surface area (Å²) in [5.41, 5.74) is 4.41. The van der Waals surface area contributed by atoms with E-state index in [1.807, 2.05) is 97.2 Å². The maximum absolute atomic E-state index is 12.5. The zero-order valence-corrected chi connectivity index (χ0v) is 19.8. The van der Waals surface area contributed by atoms with Gasteiger partial charge in [0.25, 0.3) is 0 Å². The number of carbonyl (C=O) groups excluding carboxylic acids is 1. The first-order valence-electron chi connectivity index (χ1n) is 11.3. The summed E-state index contributed by atoms with van der Waals surface area (Å²) in [5, 5.41) is 2.73. The first kappa shape index (κ1) is 22.7. The summed E-state index contributed by atoms with van der Waals surface area (Å²) in [7, 11) is 0. The first-order valence-corrected chi connectivity index (χ1v) is 11.7. The number of pyridine rings is 1. The highest BCUT2D eigenvalue weighted by atomic mass is 35.5. The van der Waals surface area contributed by atoms with Crippen molar-refractivity contribution in [3.8, 4) is 5.75 Å². The van der Waals surface area contributed by atoms with E-state index in [1.54, 1.807) is 6.92 Å². The number of aromatic nitrogens is 2. The van der Waals surface area contributed by atoms with E-state index in [0.29, 0.717) is 10.8 Å². The van der Waals surface area contributed by atoms with E-state index >= 15 is 0 Å². The lowest BCUT2D eigenvalue weighted by Crippen LogP contribution is -2.26. The number of carbonyl (C=O) groups is 1. The minimum absolute atomic E-state index is 0.160. The van der Waals surface area contributed by atoms with Gasteiger partial charge in [0.2, 0.25) is 0 Å². The molecule has 0 aliphatic heterocycles. The summed E-state index contributed by atoms with van der Waals surface area (Å²) in [6.07, 6.45) is 5.03. The van der Waals surface area contributed by atoms with Crippen LogP contribution >= 0.6 is 11.6 Å². The van der Waals surface area contributed by atoms with E-state index in [4.69, 9.17) is 21.1 Å². The minimum Gasteiger partial charge on any atom is -0.477 e. The molecule has 35 heavy (non-hydrogen) atoms. The Balaban J connectivity index is 1.21. The number of nitrogens with one attached hydrogen (secondary N) is 1. The fourth-order valence-electron chi connectivity index (χ4n) is 3.83. The second-order valence-corrected chi connectivity index (χ2v) is 8.65. The van der Waals surface area contributed by atoms with Crippen LogP contribution in [0.15, 0.2) is 85.1 Å². The Labute approximate surface area is 208 Å². The molecule has 0 radical (unpaired) electrons. The van der Waals surface area contributed by atoms with Crippen LogP contribution in [0.25, 0.3) is 34.0 Å². The molecule has 0 bridgehead atoms. The van der Waals surface area contributed by atoms with Crippen molar-refractivity contribution >= 4 is 51.5 Å². The normalized spacial score (nSPS) is 12.3. The molecule has 1 atom stereocenters. The quantitative estimate of drug-likeness (QED) is 0.252. The Morgan fingerprint density at radius 1 is 1.00 bits per heavy atom. The summed E-state index contributed by atoms with van der Waals surface area (Å²) in [6, 6.07) is 25.1. The van der Waals surface area contributed by atoms with Crippen LogP contribution < -0.4 is 4.74 Å². The fraction of sp³-hybridized carbons (Fsp3) is 0.103. The van der Waals surface area contributed by atoms with Gasteiger partial charge < -0.3 is 14.5 Å². The van der Waals surface area contributed by atoms with Crippen molar-refractivity contribution in [2.75, 3.05) is 0 Å². The monoisotopic (exact) mass is 482 g/mol. The standard InChI is InChI=1S/C29H23ClN2O3/c1-19(35-27-7-3-6-23-14-15-31-28(23)27)29(33)34-18-21-5-2-4-20(16-21)8-12-25-13-10-22-9-11-24(30)17-26(22)32-25/h2-17,19,31H,18H2,1H3. The molecule has 6 heteroatoms. The van der Waals surface area contributed by atoms with Crippen LogP contribution in [0.4, 0.5) is 0 Å². The van der Waals surface area contributed by atoms with Gasteiger partial charge in [0.15, 0.2) is 6.10 Å². The molecular weight excluding hydrogens is 460 g/mol. The predicted molar refractivity (Wildman–Crippen MR) is 140 cm³/mol. The molecule has 3 aromatic carbocycles.